The van der Waals surface area contributed by atoms with Gasteiger partial charge < -0.3 is 0 Å². The summed E-state index contributed by atoms with van der Waals surface area (Å²) < 4.78 is 29.5. The van der Waals surface area contributed by atoms with Crippen molar-refractivity contribution in [3.05, 3.63) is 65.0 Å². The van der Waals surface area contributed by atoms with E-state index in [1.165, 1.54) is 0 Å². The SMILES string of the molecule is O=S(=O)(N1CCCCCC1)N1CCc2ncc(C#Cc3ccccc3)cc2C1. The molecular weight excluding hydrogens is 370 g/mol. The molecule has 146 valence electrons. The van der Waals surface area contributed by atoms with Crippen molar-refractivity contribution in [1.29, 1.82) is 0 Å². The maximum atomic E-state index is 13.1. The lowest BCUT2D eigenvalue weighted by atomic mass is 10.1. The first-order valence-corrected chi connectivity index (χ1v) is 11.3. The van der Waals surface area contributed by atoms with E-state index < -0.39 is 10.2 Å². The number of fused-ring (bicyclic) bond motifs is 1. The number of rotatable bonds is 2. The van der Waals surface area contributed by atoms with E-state index in [9.17, 15) is 8.42 Å². The molecule has 2 aliphatic heterocycles. The topological polar surface area (TPSA) is 53.5 Å². The summed E-state index contributed by atoms with van der Waals surface area (Å²) >= 11 is 0. The van der Waals surface area contributed by atoms with Crippen molar-refractivity contribution in [3.63, 3.8) is 0 Å². The highest BCUT2D eigenvalue weighted by Crippen LogP contribution is 2.24. The minimum atomic E-state index is -3.42. The summed E-state index contributed by atoms with van der Waals surface area (Å²) in [6.07, 6.45) is 6.56. The van der Waals surface area contributed by atoms with E-state index in [0.717, 1.165) is 48.1 Å². The molecule has 0 saturated carbocycles. The highest BCUT2D eigenvalue weighted by Gasteiger charge is 2.32. The molecule has 0 radical (unpaired) electrons. The minimum Gasteiger partial charge on any atom is -0.260 e. The van der Waals surface area contributed by atoms with Crippen molar-refractivity contribution in [2.75, 3.05) is 19.6 Å². The summed E-state index contributed by atoms with van der Waals surface area (Å²) in [5, 5.41) is 0. The van der Waals surface area contributed by atoms with Crippen LogP contribution in [0.25, 0.3) is 0 Å². The van der Waals surface area contributed by atoms with Gasteiger partial charge in [-0.05, 0) is 36.6 Å². The monoisotopic (exact) mass is 395 g/mol. The van der Waals surface area contributed by atoms with E-state index in [0.29, 0.717) is 32.6 Å². The van der Waals surface area contributed by atoms with Crippen LogP contribution in [0.2, 0.25) is 0 Å². The first kappa shape index (κ1) is 19.1. The van der Waals surface area contributed by atoms with Gasteiger partial charge in [0.05, 0.1) is 0 Å². The lowest BCUT2D eigenvalue weighted by Gasteiger charge is -2.32. The van der Waals surface area contributed by atoms with Gasteiger partial charge in [0.1, 0.15) is 0 Å². The molecule has 1 saturated heterocycles. The fraction of sp³-hybridized carbons (Fsp3) is 0.409. The van der Waals surface area contributed by atoms with Crippen LogP contribution in [0, 0.1) is 11.8 Å². The van der Waals surface area contributed by atoms with E-state index in [-0.39, 0.29) is 0 Å². The van der Waals surface area contributed by atoms with Crippen molar-refractivity contribution in [3.8, 4) is 11.8 Å². The van der Waals surface area contributed by atoms with Gasteiger partial charge in [0, 0.05) is 55.6 Å². The number of pyridine rings is 1. The second-order valence-electron chi connectivity index (χ2n) is 7.35. The van der Waals surface area contributed by atoms with Crippen LogP contribution >= 0.6 is 0 Å². The molecular formula is C22H25N3O2S. The number of hydrogen-bond donors (Lipinski definition) is 0. The van der Waals surface area contributed by atoms with Crippen molar-refractivity contribution in [2.24, 2.45) is 0 Å². The van der Waals surface area contributed by atoms with E-state index in [1.807, 2.05) is 36.4 Å². The van der Waals surface area contributed by atoms with Gasteiger partial charge in [-0.15, -0.1) is 0 Å². The number of benzene rings is 1. The first-order valence-electron chi connectivity index (χ1n) is 9.93. The van der Waals surface area contributed by atoms with Gasteiger partial charge in [-0.1, -0.05) is 42.9 Å². The standard InChI is InChI=1S/C22H25N3O2S/c26-28(27,24-13-6-1-2-7-14-24)25-15-12-22-21(18-25)16-20(17-23-22)11-10-19-8-4-3-5-9-19/h3-5,8-9,16-17H,1-2,6-7,12-15,18H2. The summed E-state index contributed by atoms with van der Waals surface area (Å²) in [5.74, 6) is 6.28. The van der Waals surface area contributed by atoms with Gasteiger partial charge in [-0.3, -0.25) is 4.98 Å². The Balaban J connectivity index is 1.53. The Morgan fingerprint density at radius 3 is 2.32 bits per heavy atom. The molecule has 0 atom stereocenters. The maximum absolute atomic E-state index is 13.1. The highest BCUT2D eigenvalue weighted by atomic mass is 32.2. The van der Waals surface area contributed by atoms with Gasteiger partial charge in [0.15, 0.2) is 0 Å². The summed E-state index contributed by atoms with van der Waals surface area (Å²) in [4.78, 5) is 4.54. The van der Waals surface area contributed by atoms with Crippen LogP contribution in [-0.2, 0) is 23.2 Å². The summed E-state index contributed by atoms with van der Waals surface area (Å²) in [7, 11) is -3.42. The first-order chi connectivity index (χ1) is 13.6. The van der Waals surface area contributed by atoms with Gasteiger partial charge in [-0.2, -0.15) is 17.0 Å². The Bertz CT molecular complexity index is 985. The molecule has 1 aromatic heterocycles. The molecule has 0 aliphatic carbocycles. The molecule has 3 heterocycles. The minimum absolute atomic E-state index is 0.377. The van der Waals surface area contributed by atoms with E-state index >= 15 is 0 Å². The van der Waals surface area contributed by atoms with E-state index in [2.05, 4.69) is 16.8 Å². The largest absolute Gasteiger partial charge is 0.282 e. The second kappa shape index (κ2) is 8.44. The highest BCUT2D eigenvalue weighted by molar-refractivity contribution is 7.86. The number of hydrogen-bond acceptors (Lipinski definition) is 3. The van der Waals surface area contributed by atoms with Crippen LogP contribution in [0.1, 0.15) is 48.1 Å². The third-order valence-electron chi connectivity index (χ3n) is 5.35. The predicted octanol–water partition coefficient (Wildman–Crippen LogP) is 2.96. The Labute approximate surface area is 167 Å². The van der Waals surface area contributed by atoms with Crippen LogP contribution in [0.3, 0.4) is 0 Å². The van der Waals surface area contributed by atoms with Crippen LogP contribution in [0.4, 0.5) is 0 Å². The lowest BCUT2D eigenvalue weighted by Crippen LogP contribution is -2.46. The molecule has 1 fully saturated rings. The smallest absolute Gasteiger partial charge is 0.260 e. The molecule has 28 heavy (non-hydrogen) atoms. The van der Waals surface area contributed by atoms with E-state index in [1.54, 1.807) is 14.8 Å². The Morgan fingerprint density at radius 1 is 0.857 bits per heavy atom. The fourth-order valence-corrected chi connectivity index (χ4v) is 5.44. The quantitative estimate of drug-likeness (QED) is 0.735. The Morgan fingerprint density at radius 2 is 1.57 bits per heavy atom. The maximum Gasteiger partial charge on any atom is 0.282 e. The normalized spacial score (nSPS) is 18.6. The van der Waals surface area contributed by atoms with Crippen LogP contribution < -0.4 is 0 Å². The third-order valence-corrected chi connectivity index (χ3v) is 7.33. The molecule has 0 unspecified atom stereocenters. The van der Waals surface area contributed by atoms with Crippen LogP contribution in [0.15, 0.2) is 42.6 Å². The van der Waals surface area contributed by atoms with Crippen molar-refractivity contribution < 1.29 is 8.42 Å². The number of aromatic nitrogens is 1. The average molecular weight is 396 g/mol. The Kier molecular flexibility index (Phi) is 5.77. The zero-order valence-electron chi connectivity index (χ0n) is 16.0. The third kappa shape index (κ3) is 4.27. The number of nitrogens with zero attached hydrogens (tertiary/aromatic N) is 3. The molecule has 0 spiro atoms. The van der Waals surface area contributed by atoms with Crippen molar-refractivity contribution in [1.82, 2.24) is 13.6 Å². The molecule has 2 aliphatic rings. The fourth-order valence-electron chi connectivity index (χ4n) is 3.77. The predicted molar refractivity (Wildman–Crippen MR) is 110 cm³/mol. The molecule has 0 bridgehead atoms. The molecule has 0 N–H and O–H groups in total. The van der Waals surface area contributed by atoms with Gasteiger partial charge in [0.2, 0.25) is 0 Å². The molecule has 4 rings (SSSR count). The van der Waals surface area contributed by atoms with Crippen LogP contribution in [0.5, 0.6) is 0 Å². The second-order valence-corrected chi connectivity index (χ2v) is 9.28. The van der Waals surface area contributed by atoms with Crippen LogP contribution in [-0.4, -0.2) is 41.6 Å². The zero-order valence-corrected chi connectivity index (χ0v) is 16.8. The van der Waals surface area contributed by atoms with Gasteiger partial charge in [-0.25, -0.2) is 0 Å². The lowest BCUT2D eigenvalue weighted by molar-refractivity contribution is 0.326. The average Bonchev–Trinajstić information content (AvgIpc) is 3.02. The summed E-state index contributed by atoms with van der Waals surface area (Å²) in [6.45, 7) is 2.13. The summed E-state index contributed by atoms with van der Waals surface area (Å²) in [5.41, 5.74) is 3.71. The molecule has 2 aromatic rings. The summed E-state index contributed by atoms with van der Waals surface area (Å²) in [6, 6.07) is 11.8. The van der Waals surface area contributed by atoms with Gasteiger partial charge >= 0.3 is 0 Å². The van der Waals surface area contributed by atoms with Crippen molar-refractivity contribution in [2.45, 2.75) is 38.6 Å². The molecule has 0 amide bonds. The zero-order chi connectivity index (χ0) is 19.4. The van der Waals surface area contributed by atoms with Gasteiger partial charge in [0.25, 0.3) is 10.2 Å². The van der Waals surface area contributed by atoms with E-state index in [4.69, 9.17) is 0 Å². The molecule has 5 nitrogen and oxygen atoms in total. The molecule has 1 aromatic carbocycles. The molecule has 6 heteroatoms. The van der Waals surface area contributed by atoms with Crippen molar-refractivity contribution >= 4 is 10.2 Å². The Hall–Kier alpha value is -2.20.